The van der Waals surface area contributed by atoms with Gasteiger partial charge in [0, 0.05) is 18.5 Å². The fourth-order valence-corrected chi connectivity index (χ4v) is 3.67. The third-order valence-corrected chi connectivity index (χ3v) is 5.32. The Kier molecular flexibility index (Phi) is 5.73. The summed E-state index contributed by atoms with van der Waals surface area (Å²) in [4.78, 5) is 6.98. The zero-order valence-corrected chi connectivity index (χ0v) is 16.4. The molecule has 0 aliphatic carbocycles. The van der Waals surface area contributed by atoms with E-state index in [0.29, 0.717) is 12.4 Å². The zero-order chi connectivity index (χ0) is 19.3. The van der Waals surface area contributed by atoms with Gasteiger partial charge in [-0.1, -0.05) is 13.0 Å². The molecule has 0 bridgehead atoms. The maximum absolute atomic E-state index is 12.9. The summed E-state index contributed by atoms with van der Waals surface area (Å²) in [5.41, 5.74) is 2.20. The first kappa shape index (κ1) is 18.7. The number of thiazole rings is 1. The van der Waals surface area contributed by atoms with Crippen LogP contribution in [-0.2, 0) is 19.7 Å². The zero-order valence-electron chi connectivity index (χ0n) is 15.6. The van der Waals surface area contributed by atoms with E-state index >= 15 is 0 Å². The second kappa shape index (κ2) is 8.58. The molecule has 1 aliphatic rings. The first-order valence-corrected chi connectivity index (χ1v) is 10.00. The minimum atomic E-state index is -0.272. The fraction of sp³-hybridized carbons (Fsp3) is 0.286. The summed E-state index contributed by atoms with van der Waals surface area (Å²) in [6.45, 7) is 5.29. The summed E-state index contributed by atoms with van der Waals surface area (Å²) in [6, 6.07) is 12.1. The van der Waals surface area contributed by atoms with Crippen molar-refractivity contribution < 1.29 is 18.6 Å². The largest absolute Gasteiger partial charge is 0.486 e. The maximum Gasteiger partial charge on any atom is 0.231 e. The average Bonchev–Trinajstić information content (AvgIpc) is 3.36. The minimum absolute atomic E-state index is 0.272. The van der Waals surface area contributed by atoms with E-state index in [0.717, 1.165) is 41.8 Å². The second-order valence-electron chi connectivity index (χ2n) is 6.47. The number of ether oxygens (including phenoxy) is 3. The highest BCUT2D eigenvalue weighted by Crippen LogP contribution is 2.33. The first-order valence-electron chi connectivity index (χ1n) is 9.12. The van der Waals surface area contributed by atoms with Gasteiger partial charge in [-0.05, 0) is 48.5 Å². The number of nitrogens with zero attached hydrogens (tertiary/aromatic N) is 2. The SMILES string of the molecule is CCN(Cc1ccc2c(c1)OCO2)Cc1csc(COc2ccc(F)cc2)n1. The molecule has 4 rings (SSSR count). The number of fused-ring (bicyclic) bond motifs is 1. The molecule has 0 fully saturated rings. The fourth-order valence-electron chi connectivity index (χ4n) is 2.97. The monoisotopic (exact) mass is 400 g/mol. The lowest BCUT2D eigenvalue weighted by Gasteiger charge is -2.19. The van der Waals surface area contributed by atoms with Gasteiger partial charge in [0.1, 0.15) is 23.2 Å². The highest BCUT2D eigenvalue weighted by molar-refractivity contribution is 7.09. The minimum Gasteiger partial charge on any atom is -0.486 e. The molecule has 2 heterocycles. The van der Waals surface area contributed by atoms with Gasteiger partial charge in [0.15, 0.2) is 11.5 Å². The van der Waals surface area contributed by atoms with Crippen LogP contribution in [0.25, 0.3) is 0 Å². The molecule has 146 valence electrons. The van der Waals surface area contributed by atoms with Crippen LogP contribution >= 0.6 is 11.3 Å². The lowest BCUT2D eigenvalue weighted by atomic mass is 10.2. The summed E-state index contributed by atoms with van der Waals surface area (Å²) >= 11 is 1.57. The molecule has 0 amide bonds. The van der Waals surface area contributed by atoms with Gasteiger partial charge < -0.3 is 14.2 Å². The summed E-state index contributed by atoms with van der Waals surface area (Å²) in [5.74, 6) is 1.97. The van der Waals surface area contributed by atoms with Crippen LogP contribution in [0.5, 0.6) is 17.2 Å². The van der Waals surface area contributed by atoms with Crippen molar-refractivity contribution in [3.8, 4) is 17.2 Å². The Labute approximate surface area is 167 Å². The smallest absolute Gasteiger partial charge is 0.231 e. The molecule has 0 saturated carbocycles. The predicted molar refractivity (Wildman–Crippen MR) is 105 cm³/mol. The van der Waals surface area contributed by atoms with E-state index in [-0.39, 0.29) is 12.6 Å². The standard InChI is InChI=1S/C21H21FN2O3S/c1-2-24(10-15-3-8-19-20(9-15)27-14-26-19)11-17-13-28-21(23-17)12-25-18-6-4-16(22)5-7-18/h3-9,13H,2,10-12,14H2,1H3. The summed E-state index contributed by atoms with van der Waals surface area (Å²) in [7, 11) is 0. The summed E-state index contributed by atoms with van der Waals surface area (Å²) < 4.78 is 29.4. The lowest BCUT2D eigenvalue weighted by molar-refractivity contribution is 0.174. The summed E-state index contributed by atoms with van der Waals surface area (Å²) in [5, 5.41) is 2.96. The van der Waals surface area contributed by atoms with E-state index in [1.54, 1.807) is 23.5 Å². The molecule has 0 saturated heterocycles. The molecule has 0 unspecified atom stereocenters. The van der Waals surface area contributed by atoms with Crippen LogP contribution in [0, 0.1) is 5.82 Å². The molecular weight excluding hydrogens is 379 g/mol. The van der Waals surface area contributed by atoms with Gasteiger partial charge in [-0.3, -0.25) is 4.90 Å². The van der Waals surface area contributed by atoms with Crippen LogP contribution in [0.2, 0.25) is 0 Å². The Bertz CT molecular complexity index is 930. The van der Waals surface area contributed by atoms with Crippen molar-refractivity contribution >= 4 is 11.3 Å². The van der Waals surface area contributed by atoms with Crippen LogP contribution in [0.3, 0.4) is 0 Å². The molecule has 5 nitrogen and oxygen atoms in total. The van der Waals surface area contributed by atoms with Crippen LogP contribution in [0.15, 0.2) is 47.8 Å². The van der Waals surface area contributed by atoms with Crippen molar-refractivity contribution in [2.45, 2.75) is 26.6 Å². The first-order chi connectivity index (χ1) is 13.7. The van der Waals surface area contributed by atoms with Crippen LogP contribution < -0.4 is 14.2 Å². The number of rotatable bonds is 8. The van der Waals surface area contributed by atoms with Crippen molar-refractivity contribution in [2.75, 3.05) is 13.3 Å². The van der Waals surface area contributed by atoms with Crippen molar-refractivity contribution in [1.29, 1.82) is 0 Å². The van der Waals surface area contributed by atoms with Crippen LogP contribution in [-0.4, -0.2) is 23.2 Å². The normalized spacial score (nSPS) is 12.5. The van der Waals surface area contributed by atoms with E-state index in [4.69, 9.17) is 14.2 Å². The molecule has 0 atom stereocenters. The van der Waals surface area contributed by atoms with Gasteiger partial charge in [-0.15, -0.1) is 11.3 Å². The second-order valence-corrected chi connectivity index (χ2v) is 7.41. The number of halogens is 1. The van der Waals surface area contributed by atoms with Gasteiger partial charge in [0.25, 0.3) is 0 Å². The Morgan fingerprint density at radius 2 is 1.93 bits per heavy atom. The quantitative estimate of drug-likeness (QED) is 0.552. The van der Waals surface area contributed by atoms with E-state index in [1.165, 1.54) is 17.7 Å². The van der Waals surface area contributed by atoms with Crippen molar-refractivity contribution in [1.82, 2.24) is 9.88 Å². The molecule has 1 aliphatic heterocycles. The molecular formula is C21H21FN2O3S. The van der Waals surface area contributed by atoms with E-state index < -0.39 is 0 Å². The molecule has 0 spiro atoms. The van der Waals surface area contributed by atoms with Crippen molar-refractivity contribution in [3.05, 3.63) is 69.9 Å². The maximum atomic E-state index is 12.9. The molecule has 7 heteroatoms. The highest BCUT2D eigenvalue weighted by atomic mass is 32.1. The third-order valence-electron chi connectivity index (χ3n) is 4.45. The lowest BCUT2D eigenvalue weighted by Crippen LogP contribution is -2.22. The molecule has 2 aromatic carbocycles. The Balaban J connectivity index is 1.33. The van der Waals surface area contributed by atoms with E-state index in [2.05, 4.69) is 28.3 Å². The molecule has 3 aromatic rings. The topological polar surface area (TPSA) is 43.8 Å². The average molecular weight is 400 g/mol. The van der Waals surface area contributed by atoms with Gasteiger partial charge >= 0.3 is 0 Å². The Morgan fingerprint density at radius 3 is 2.75 bits per heavy atom. The van der Waals surface area contributed by atoms with Gasteiger partial charge in [0.2, 0.25) is 6.79 Å². The number of hydrogen-bond donors (Lipinski definition) is 0. The van der Waals surface area contributed by atoms with Crippen molar-refractivity contribution in [3.63, 3.8) is 0 Å². The van der Waals surface area contributed by atoms with Crippen LogP contribution in [0.1, 0.15) is 23.2 Å². The molecule has 0 N–H and O–H groups in total. The summed E-state index contributed by atoms with van der Waals surface area (Å²) in [6.07, 6.45) is 0. The van der Waals surface area contributed by atoms with Gasteiger partial charge in [-0.2, -0.15) is 0 Å². The molecule has 1 aromatic heterocycles. The Hall–Kier alpha value is -2.64. The number of benzene rings is 2. The number of aromatic nitrogens is 1. The van der Waals surface area contributed by atoms with Crippen molar-refractivity contribution in [2.24, 2.45) is 0 Å². The molecule has 28 heavy (non-hydrogen) atoms. The van der Waals surface area contributed by atoms with Crippen LogP contribution in [0.4, 0.5) is 4.39 Å². The Morgan fingerprint density at radius 1 is 1.11 bits per heavy atom. The highest BCUT2D eigenvalue weighted by Gasteiger charge is 2.15. The van der Waals surface area contributed by atoms with E-state index in [1.807, 2.05) is 12.1 Å². The predicted octanol–water partition coefficient (Wildman–Crippen LogP) is 4.61. The van der Waals surface area contributed by atoms with E-state index in [9.17, 15) is 4.39 Å². The van der Waals surface area contributed by atoms with Gasteiger partial charge in [0.05, 0.1) is 5.69 Å². The molecule has 0 radical (unpaired) electrons. The number of hydrogen-bond acceptors (Lipinski definition) is 6. The third kappa shape index (κ3) is 4.61. The van der Waals surface area contributed by atoms with Gasteiger partial charge in [-0.25, -0.2) is 9.37 Å².